The second kappa shape index (κ2) is 10.5. The monoisotopic (exact) mass is 514 g/mol. The lowest BCUT2D eigenvalue weighted by molar-refractivity contribution is -0.122. The fourth-order valence-corrected chi connectivity index (χ4v) is 5.31. The Balaban J connectivity index is 1.54. The van der Waals surface area contributed by atoms with Gasteiger partial charge >= 0.3 is 0 Å². The summed E-state index contributed by atoms with van der Waals surface area (Å²) in [4.78, 5) is 38.1. The minimum atomic E-state index is -0.408. The molecule has 0 radical (unpaired) electrons. The van der Waals surface area contributed by atoms with Crippen molar-refractivity contribution in [3.8, 4) is 0 Å². The Bertz CT molecular complexity index is 1550. The van der Waals surface area contributed by atoms with E-state index in [0.29, 0.717) is 61.8 Å². The third kappa shape index (κ3) is 4.40. The summed E-state index contributed by atoms with van der Waals surface area (Å²) in [5.74, 6) is -0.812. The van der Waals surface area contributed by atoms with E-state index in [0.717, 1.165) is 41.7 Å². The number of carbonyl (C=O) groups excluding carboxylic acids is 2. The van der Waals surface area contributed by atoms with Gasteiger partial charge in [-0.1, -0.05) is 6.92 Å². The van der Waals surface area contributed by atoms with Crippen LogP contribution in [0.25, 0.3) is 33.2 Å². The Kier molecular flexibility index (Phi) is 6.75. The first-order valence-corrected chi connectivity index (χ1v) is 13.0. The van der Waals surface area contributed by atoms with Crippen LogP contribution < -0.4 is 5.32 Å². The Morgan fingerprint density at radius 2 is 1.32 bits per heavy atom. The number of hydrogen-bond donors (Lipinski definition) is 1. The van der Waals surface area contributed by atoms with Crippen LogP contribution in [0.2, 0.25) is 0 Å². The zero-order valence-electron chi connectivity index (χ0n) is 21.4. The largest absolute Gasteiger partial charge is 0.378 e. The standard InChI is InChI=1S/C28H30N6O4/c1-2-32-9-10-33-17-21(19-5-3-7-29-25(19)33)23-24(28(36)31-27(23)35)22-18-34(26-20(22)6-4-8-30-26)12-14-38-16-15-37-13-11-32/h3-8,17-18H,2,9-16H2,1H3,(H,31,35,36). The van der Waals surface area contributed by atoms with Gasteiger partial charge < -0.3 is 18.6 Å². The molecule has 0 unspecified atom stereocenters. The van der Waals surface area contributed by atoms with E-state index < -0.39 is 11.8 Å². The van der Waals surface area contributed by atoms with Crippen molar-refractivity contribution in [1.29, 1.82) is 0 Å². The van der Waals surface area contributed by atoms with Gasteiger partial charge in [-0.25, -0.2) is 9.97 Å². The number of pyridine rings is 2. The molecule has 0 saturated carbocycles. The fraction of sp³-hybridized carbons (Fsp3) is 0.357. The molecule has 2 aliphatic rings. The van der Waals surface area contributed by atoms with Crippen molar-refractivity contribution in [2.24, 2.45) is 0 Å². The minimum Gasteiger partial charge on any atom is -0.378 e. The topological polar surface area (TPSA) is 104 Å². The van der Waals surface area contributed by atoms with Gasteiger partial charge in [-0.2, -0.15) is 0 Å². The number of aromatic nitrogens is 4. The first-order valence-electron chi connectivity index (χ1n) is 13.0. The van der Waals surface area contributed by atoms with Crippen molar-refractivity contribution < 1.29 is 19.1 Å². The van der Waals surface area contributed by atoms with Crippen LogP contribution in [0.5, 0.6) is 0 Å². The van der Waals surface area contributed by atoms with Crippen LogP contribution in [0.15, 0.2) is 49.1 Å². The summed E-state index contributed by atoms with van der Waals surface area (Å²) < 4.78 is 15.7. The van der Waals surface area contributed by atoms with E-state index in [-0.39, 0.29) is 0 Å². The zero-order chi connectivity index (χ0) is 26.1. The van der Waals surface area contributed by atoms with Gasteiger partial charge in [0.05, 0.1) is 37.6 Å². The number of amides is 2. The maximum Gasteiger partial charge on any atom is 0.259 e. The number of nitrogens with one attached hydrogen (secondary N) is 1. The molecule has 196 valence electrons. The summed E-state index contributed by atoms with van der Waals surface area (Å²) in [5.41, 5.74) is 3.61. The van der Waals surface area contributed by atoms with Crippen molar-refractivity contribution in [2.75, 3.05) is 46.1 Å². The van der Waals surface area contributed by atoms with Crippen molar-refractivity contribution in [3.05, 3.63) is 60.2 Å². The molecule has 1 N–H and O–H groups in total. The highest BCUT2D eigenvalue weighted by Crippen LogP contribution is 2.38. The van der Waals surface area contributed by atoms with Crippen molar-refractivity contribution in [1.82, 2.24) is 29.3 Å². The number of rotatable bonds is 1. The lowest BCUT2D eigenvalue weighted by atomic mass is 9.96. The van der Waals surface area contributed by atoms with E-state index in [1.54, 1.807) is 12.4 Å². The molecule has 4 aromatic rings. The Morgan fingerprint density at radius 3 is 1.89 bits per heavy atom. The average Bonchev–Trinajstić information content (AvgIpc) is 3.57. The number of hydrogen-bond acceptors (Lipinski definition) is 7. The summed E-state index contributed by atoms with van der Waals surface area (Å²) in [7, 11) is 0. The van der Waals surface area contributed by atoms with E-state index in [9.17, 15) is 9.59 Å². The molecule has 0 aliphatic carbocycles. The Morgan fingerprint density at radius 1 is 0.763 bits per heavy atom. The molecule has 6 heterocycles. The normalized spacial score (nSPS) is 18.3. The molecule has 2 aliphatic heterocycles. The molecule has 2 amide bonds. The molecular weight excluding hydrogens is 484 g/mol. The first kappa shape index (κ1) is 24.5. The van der Waals surface area contributed by atoms with Gasteiger partial charge in [0.2, 0.25) is 0 Å². The zero-order valence-corrected chi connectivity index (χ0v) is 21.4. The van der Waals surface area contributed by atoms with Crippen molar-refractivity contribution >= 4 is 45.0 Å². The summed E-state index contributed by atoms with van der Waals surface area (Å²) in [6, 6.07) is 7.58. The number of ether oxygens (including phenoxy) is 2. The lowest BCUT2D eigenvalue weighted by Gasteiger charge is -2.20. The number of likely N-dealkylation sites (N-methyl/N-ethyl adjacent to an activating group) is 1. The summed E-state index contributed by atoms with van der Waals surface area (Å²) in [6.45, 7) is 8.00. The molecule has 10 heteroatoms. The van der Waals surface area contributed by atoms with Gasteiger partial charge in [0.1, 0.15) is 11.3 Å². The van der Waals surface area contributed by atoms with Crippen LogP contribution >= 0.6 is 0 Å². The smallest absolute Gasteiger partial charge is 0.259 e. The van der Waals surface area contributed by atoms with Gasteiger partial charge in [-0.15, -0.1) is 0 Å². The first-order chi connectivity index (χ1) is 18.7. The number of imide groups is 1. The highest BCUT2D eigenvalue weighted by atomic mass is 16.5. The van der Waals surface area contributed by atoms with Gasteiger partial charge in [0, 0.05) is 72.9 Å². The quantitative estimate of drug-likeness (QED) is 0.389. The molecule has 0 spiro atoms. The van der Waals surface area contributed by atoms with Crippen LogP contribution in [0.1, 0.15) is 18.1 Å². The maximum atomic E-state index is 13.3. The minimum absolute atomic E-state index is 0.358. The third-order valence-corrected chi connectivity index (χ3v) is 7.24. The molecule has 0 saturated heterocycles. The van der Waals surface area contributed by atoms with E-state index in [1.807, 2.05) is 41.2 Å². The Labute approximate surface area is 219 Å². The van der Waals surface area contributed by atoms with Crippen LogP contribution in [-0.4, -0.2) is 81.9 Å². The predicted molar refractivity (Wildman–Crippen MR) is 143 cm³/mol. The highest BCUT2D eigenvalue weighted by molar-refractivity contribution is 6.50. The summed E-state index contributed by atoms with van der Waals surface area (Å²) in [5, 5.41) is 4.18. The predicted octanol–water partition coefficient (Wildman–Crippen LogP) is 2.32. The van der Waals surface area contributed by atoms with Gasteiger partial charge in [-0.05, 0) is 30.8 Å². The van der Waals surface area contributed by atoms with Gasteiger partial charge in [0.15, 0.2) is 0 Å². The van der Waals surface area contributed by atoms with Crippen molar-refractivity contribution in [2.45, 2.75) is 20.0 Å². The second-order valence-corrected chi connectivity index (χ2v) is 9.41. The third-order valence-electron chi connectivity index (χ3n) is 7.24. The molecule has 0 fully saturated rings. The number of nitrogens with zero attached hydrogens (tertiary/aromatic N) is 5. The number of carbonyl (C=O) groups is 2. The van der Waals surface area contributed by atoms with Crippen LogP contribution in [-0.2, 0) is 32.2 Å². The van der Waals surface area contributed by atoms with Crippen LogP contribution in [0.4, 0.5) is 0 Å². The van der Waals surface area contributed by atoms with Crippen LogP contribution in [0, 0.1) is 0 Å². The van der Waals surface area contributed by atoms with Crippen LogP contribution in [0.3, 0.4) is 0 Å². The molecule has 0 aromatic carbocycles. The molecule has 4 aromatic heterocycles. The second-order valence-electron chi connectivity index (χ2n) is 9.41. The van der Waals surface area contributed by atoms with Crippen molar-refractivity contribution in [3.63, 3.8) is 0 Å². The molecule has 10 nitrogen and oxygen atoms in total. The average molecular weight is 515 g/mol. The van der Waals surface area contributed by atoms with Gasteiger partial charge in [0.25, 0.3) is 11.8 Å². The molecule has 6 rings (SSSR count). The molecular formula is C28H30N6O4. The molecule has 4 bridgehead atoms. The Hall–Kier alpha value is -3.86. The highest BCUT2D eigenvalue weighted by Gasteiger charge is 2.35. The molecule has 38 heavy (non-hydrogen) atoms. The van der Waals surface area contributed by atoms with E-state index in [1.165, 1.54) is 0 Å². The maximum absolute atomic E-state index is 13.3. The van der Waals surface area contributed by atoms with E-state index in [2.05, 4.69) is 31.7 Å². The van der Waals surface area contributed by atoms with Gasteiger partial charge in [-0.3, -0.25) is 19.8 Å². The SMILES string of the molecule is CCN1CCOCCOCCn2cc(c3cccnc32)C2=C(C(=O)NC2=O)c2cn(c3ncccc23)CC1. The van der Waals surface area contributed by atoms with E-state index in [4.69, 9.17) is 9.47 Å². The lowest BCUT2D eigenvalue weighted by Crippen LogP contribution is -2.31. The fourth-order valence-electron chi connectivity index (χ4n) is 5.31. The number of fused-ring (bicyclic) bond motifs is 12. The summed E-state index contributed by atoms with van der Waals surface area (Å²) in [6.07, 6.45) is 7.33. The summed E-state index contributed by atoms with van der Waals surface area (Å²) >= 11 is 0. The molecule has 0 atom stereocenters. The van der Waals surface area contributed by atoms with E-state index >= 15 is 0 Å².